The summed E-state index contributed by atoms with van der Waals surface area (Å²) in [7, 11) is 0. The van der Waals surface area contributed by atoms with Crippen molar-refractivity contribution in [3.63, 3.8) is 0 Å². The second-order valence-corrected chi connectivity index (χ2v) is 16.3. The molecule has 0 saturated carbocycles. The number of hydrogen-bond donors (Lipinski definition) is 3. The average molecular weight is 607 g/mol. The van der Waals surface area contributed by atoms with E-state index in [2.05, 4.69) is 119 Å². The van der Waals surface area contributed by atoms with E-state index < -0.39 is 0 Å². The predicted molar refractivity (Wildman–Crippen MR) is 189 cm³/mol. The molecule has 3 heteroatoms. The van der Waals surface area contributed by atoms with Crippen LogP contribution >= 0.6 is 0 Å². The molecule has 0 fully saturated rings. The van der Waals surface area contributed by atoms with E-state index >= 15 is 0 Å². The van der Waals surface area contributed by atoms with Crippen molar-refractivity contribution >= 4 is 0 Å². The predicted octanol–water partition coefficient (Wildman–Crippen LogP) is 11.3. The second kappa shape index (κ2) is 12.2. The van der Waals surface area contributed by atoms with E-state index in [0.717, 1.165) is 0 Å². The highest BCUT2D eigenvalue weighted by molar-refractivity contribution is 5.61. The van der Waals surface area contributed by atoms with Crippen molar-refractivity contribution in [1.29, 1.82) is 0 Å². The van der Waals surface area contributed by atoms with Gasteiger partial charge < -0.3 is 15.3 Å². The van der Waals surface area contributed by atoms with Crippen LogP contribution in [-0.4, -0.2) is 15.3 Å². The van der Waals surface area contributed by atoms with Gasteiger partial charge in [-0.1, -0.05) is 98.7 Å². The van der Waals surface area contributed by atoms with Crippen molar-refractivity contribution in [3.05, 3.63) is 123 Å². The van der Waals surface area contributed by atoms with Crippen molar-refractivity contribution in [2.24, 2.45) is 16.2 Å². The molecule has 3 N–H and O–H groups in total. The average Bonchev–Trinajstić information content (AvgIpc) is 2.91. The van der Waals surface area contributed by atoms with E-state index in [4.69, 9.17) is 0 Å². The summed E-state index contributed by atoms with van der Waals surface area (Å²) < 4.78 is 0. The quantitative estimate of drug-likeness (QED) is 0.205. The van der Waals surface area contributed by atoms with Crippen LogP contribution in [0.4, 0.5) is 0 Å². The minimum Gasteiger partial charge on any atom is -0.508 e. The molecular weight excluding hydrogens is 552 g/mol. The Morgan fingerprint density at radius 1 is 0.356 bits per heavy atom. The Bertz CT molecular complexity index is 1400. The highest BCUT2D eigenvalue weighted by Crippen LogP contribution is 2.54. The maximum atomic E-state index is 10.2. The van der Waals surface area contributed by atoms with Crippen LogP contribution in [0.5, 0.6) is 17.2 Å². The summed E-state index contributed by atoms with van der Waals surface area (Å²) in [5, 5.41) is 30.7. The third-order valence-electron chi connectivity index (χ3n) is 9.57. The van der Waals surface area contributed by atoms with Crippen LogP contribution < -0.4 is 0 Å². The number of phenols is 3. The van der Waals surface area contributed by atoms with E-state index in [0.29, 0.717) is 0 Å². The summed E-state index contributed by atoms with van der Waals surface area (Å²) in [6.45, 7) is 27.7. The molecule has 0 spiro atoms. The number of rotatable bonds is 6. The van der Waals surface area contributed by atoms with Gasteiger partial charge in [-0.15, -0.1) is 0 Å². The summed E-state index contributed by atoms with van der Waals surface area (Å²) in [6, 6.07) is 23.3. The van der Waals surface area contributed by atoms with Crippen LogP contribution in [0, 0.1) is 37.0 Å². The Kier molecular flexibility index (Phi) is 9.29. The fraction of sp³-hybridized carbons (Fsp3) is 0.429. The van der Waals surface area contributed by atoms with Crippen LogP contribution in [-0.2, 0) is 0 Å². The molecule has 0 aliphatic carbocycles. The molecule has 0 heterocycles. The first-order valence-electron chi connectivity index (χ1n) is 16.2. The molecule has 4 aromatic rings. The van der Waals surface area contributed by atoms with E-state index in [1.54, 1.807) is 36.4 Å². The molecule has 4 aromatic carbocycles. The third kappa shape index (κ3) is 6.93. The Morgan fingerprint density at radius 3 is 0.689 bits per heavy atom. The molecule has 45 heavy (non-hydrogen) atoms. The fourth-order valence-electron chi connectivity index (χ4n) is 7.88. The lowest BCUT2D eigenvalue weighted by atomic mass is 9.61. The second-order valence-electron chi connectivity index (χ2n) is 16.3. The number of aromatic hydroxyl groups is 3. The molecule has 0 aromatic heterocycles. The van der Waals surface area contributed by atoms with Crippen LogP contribution in [0.3, 0.4) is 0 Å². The monoisotopic (exact) mass is 606 g/mol. The largest absolute Gasteiger partial charge is 0.508 e. The lowest BCUT2D eigenvalue weighted by Gasteiger charge is -2.42. The Labute approximate surface area is 272 Å². The molecule has 4 rings (SSSR count). The minimum atomic E-state index is -0.123. The van der Waals surface area contributed by atoms with Crippen molar-refractivity contribution in [1.82, 2.24) is 0 Å². The molecule has 0 amide bonds. The fourth-order valence-corrected chi connectivity index (χ4v) is 7.88. The molecule has 0 radical (unpaired) electrons. The maximum absolute atomic E-state index is 10.2. The summed E-state index contributed by atoms with van der Waals surface area (Å²) >= 11 is 0. The van der Waals surface area contributed by atoms with Gasteiger partial charge in [0.15, 0.2) is 0 Å². The minimum absolute atomic E-state index is 0.0667. The van der Waals surface area contributed by atoms with Crippen molar-refractivity contribution in [3.8, 4) is 17.2 Å². The van der Waals surface area contributed by atoms with Gasteiger partial charge in [0.1, 0.15) is 17.2 Å². The van der Waals surface area contributed by atoms with Gasteiger partial charge in [-0.25, -0.2) is 0 Å². The van der Waals surface area contributed by atoms with Crippen LogP contribution in [0.2, 0.25) is 0 Å². The van der Waals surface area contributed by atoms with Crippen LogP contribution in [0.1, 0.15) is 130 Å². The summed E-state index contributed by atoms with van der Waals surface area (Å²) in [5.74, 6) is 1.01. The van der Waals surface area contributed by atoms with Gasteiger partial charge in [0, 0.05) is 17.8 Å². The van der Waals surface area contributed by atoms with Crippen LogP contribution in [0.15, 0.2) is 72.8 Å². The first-order valence-corrected chi connectivity index (χ1v) is 16.2. The van der Waals surface area contributed by atoms with E-state index in [-0.39, 0.29) is 51.2 Å². The van der Waals surface area contributed by atoms with Crippen LogP contribution in [0.25, 0.3) is 0 Å². The van der Waals surface area contributed by atoms with E-state index in [9.17, 15) is 15.3 Å². The molecule has 3 nitrogen and oxygen atoms in total. The molecule has 0 aliphatic rings. The maximum Gasteiger partial charge on any atom is 0.115 e. The zero-order valence-corrected chi connectivity index (χ0v) is 29.5. The van der Waals surface area contributed by atoms with Gasteiger partial charge in [-0.3, -0.25) is 0 Å². The lowest BCUT2D eigenvalue weighted by Crippen LogP contribution is -2.29. The van der Waals surface area contributed by atoms with E-state index in [1.807, 2.05) is 0 Å². The molecule has 3 atom stereocenters. The summed E-state index contributed by atoms with van der Waals surface area (Å²) in [4.78, 5) is 0. The van der Waals surface area contributed by atoms with Gasteiger partial charge in [0.2, 0.25) is 0 Å². The lowest BCUT2D eigenvalue weighted by molar-refractivity contribution is 0.340. The van der Waals surface area contributed by atoms with Crippen molar-refractivity contribution < 1.29 is 15.3 Å². The number of phenolic OH excluding ortho intramolecular Hbond substituents is 3. The molecule has 240 valence electrons. The first kappa shape index (κ1) is 34.2. The van der Waals surface area contributed by atoms with Gasteiger partial charge >= 0.3 is 0 Å². The van der Waals surface area contributed by atoms with Crippen molar-refractivity contribution in [2.75, 3.05) is 0 Å². The number of benzene rings is 4. The molecule has 0 saturated heterocycles. The Hall–Kier alpha value is -3.72. The first-order chi connectivity index (χ1) is 20.7. The highest BCUT2D eigenvalue weighted by atomic mass is 16.3. The Morgan fingerprint density at radius 2 is 0.533 bits per heavy atom. The van der Waals surface area contributed by atoms with E-state index in [1.165, 1.54) is 50.1 Å². The van der Waals surface area contributed by atoms with Gasteiger partial charge in [-0.2, -0.15) is 0 Å². The zero-order valence-electron chi connectivity index (χ0n) is 29.5. The molecular formula is C42H54O3. The van der Waals surface area contributed by atoms with Gasteiger partial charge in [0.05, 0.1) is 0 Å². The third-order valence-corrected chi connectivity index (χ3v) is 9.57. The van der Waals surface area contributed by atoms with Crippen molar-refractivity contribution in [2.45, 2.75) is 101 Å². The van der Waals surface area contributed by atoms with Gasteiger partial charge in [-0.05, 0) is 123 Å². The standard InChI is InChI=1S/C42H54O3/c1-25-34(37(40(4,5)6)28-13-19-31(43)20-14-28)26(2)36(39(42(10,11)12)30-17-23-33(45)24-18-30)27(3)35(25)38(41(7,8)9)29-15-21-32(44)22-16-29/h13-24,37-39,43-45H,1-12H3. The smallest absolute Gasteiger partial charge is 0.115 e. The van der Waals surface area contributed by atoms with Gasteiger partial charge in [0.25, 0.3) is 0 Å². The molecule has 3 unspecified atom stereocenters. The Balaban J connectivity index is 2.24. The molecule has 0 bridgehead atoms. The summed E-state index contributed by atoms with van der Waals surface area (Å²) in [5.41, 5.74) is 11.1. The normalized spacial score (nSPS) is 14.7. The molecule has 0 aliphatic heterocycles. The zero-order chi connectivity index (χ0) is 33.6. The highest BCUT2D eigenvalue weighted by Gasteiger charge is 2.40. The SMILES string of the molecule is Cc1c(C(c2ccc(O)cc2)C(C)(C)C)c(C)c(C(c2ccc(O)cc2)C(C)(C)C)c(C)c1C(c1ccc(O)cc1)C(C)(C)C. The number of hydrogen-bond acceptors (Lipinski definition) is 3. The summed E-state index contributed by atoms with van der Waals surface area (Å²) in [6.07, 6.45) is 0. The topological polar surface area (TPSA) is 60.7 Å².